The molecule has 0 atom stereocenters. The summed E-state index contributed by atoms with van der Waals surface area (Å²) in [7, 11) is 4.72. The second-order valence-corrected chi connectivity index (χ2v) is 4.85. The Balaban J connectivity index is 2.29. The summed E-state index contributed by atoms with van der Waals surface area (Å²) in [5.74, 6) is 0.466. The molecule has 0 aliphatic carbocycles. The molecule has 0 fully saturated rings. The molecule has 0 spiro atoms. The Bertz CT molecular complexity index is 632. The Hall–Kier alpha value is -2.33. The minimum atomic E-state index is -0.339. The lowest BCUT2D eigenvalue weighted by Gasteiger charge is -2.11. The van der Waals surface area contributed by atoms with E-state index in [2.05, 4.69) is 6.07 Å². The molecule has 0 radical (unpaired) electrons. The quantitative estimate of drug-likeness (QED) is 0.768. The summed E-state index contributed by atoms with van der Waals surface area (Å²) in [4.78, 5) is 11.5. The van der Waals surface area contributed by atoms with Crippen LogP contribution in [0.15, 0.2) is 42.5 Å². The van der Waals surface area contributed by atoms with E-state index in [1.807, 2.05) is 24.3 Å². The molecule has 0 heterocycles. The van der Waals surface area contributed by atoms with E-state index in [1.165, 1.54) is 7.11 Å². The van der Waals surface area contributed by atoms with E-state index in [4.69, 9.17) is 14.2 Å². The van der Waals surface area contributed by atoms with Gasteiger partial charge in [0, 0.05) is 12.7 Å². The Labute approximate surface area is 130 Å². The van der Waals surface area contributed by atoms with Gasteiger partial charge in [-0.2, -0.15) is 0 Å². The van der Waals surface area contributed by atoms with Crippen LogP contribution in [0.4, 0.5) is 0 Å². The molecule has 0 bridgehead atoms. The Morgan fingerprint density at radius 2 is 1.73 bits per heavy atom. The van der Waals surface area contributed by atoms with Crippen LogP contribution >= 0.6 is 0 Å². The van der Waals surface area contributed by atoms with E-state index < -0.39 is 0 Å². The summed E-state index contributed by atoms with van der Waals surface area (Å²) in [5, 5.41) is 0. The number of rotatable bonds is 6. The van der Waals surface area contributed by atoms with E-state index in [0.29, 0.717) is 12.2 Å². The van der Waals surface area contributed by atoms with Crippen molar-refractivity contribution in [1.82, 2.24) is 0 Å². The van der Waals surface area contributed by atoms with Gasteiger partial charge in [-0.25, -0.2) is 4.79 Å². The molecule has 0 saturated heterocycles. The highest BCUT2D eigenvalue weighted by Crippen LogP contribution is 2.31. The van der Waals surface area contributed by atoms with Gasteiger partial charge in [0.2, 0.25) is 0 Å². The standard InChI is InChI=1S/C18H20O4/c1-20-11-10-13-4-9-16(17(12-13)21-2)14-5-7-15(8-6-14)18(19)22-3/h4-9,12H,10-11H2,1-3H3. The van der Waals surface area contributed by atoms with Gasteiger partial charge in [-0.1, -0.05) is 24.3 Å². The molecule has 0 aromatic heterocycles. The third-order valence-electron chi connectivity index (χ3n) is 3.48. The molecule has 2 aromatic carbocycles. The van der Waals surface area contributed by atoms with Crippen molar-refractivity contribution in [3.63, 3.8) is 0 Å². The van der Waals surface area contributed by atoms with Gasteiger partial charge in [0.25, 0.3) is 0 Å². The Morgan fingerprint density at radius 1 is 1.00 bits per heavy atom. The number of esters is 1. The van der Waals surface area contributed by atoms with Gasteiger partial charge in [0.05, 0.1) is 26.4 Å². The molecular weight excluding hydrogens is 280 g/mol. The molecule has 4 heteroatoms. The first-order chi connectivity index (χ1) is 10.7. The van der Waals surface area contributed by atoms with Crippen LogP contribution in [-0.2, 0) is 15.9 Å². The molecule has 0 N–H and O–H groups in total. The molecule has 0 aliphatic heterocycles. The molecule has 0 unspecified atom stereocenters. The van der Waals surface area contributed by atoms with Crippen molar-refractivity contribution in [1.29, 1.82) is 0 Å². The minimum absolute atomic E-state index is 0.339. The summed E-state index contributed by atoms with van der Waals surface area (Å²) in [6.45, 7) is 0.677. The van der Waals surface area contributed by atoms with Crippen molar-refractivity contribution in [3.8, 4) is 16.9 Å². The molecule has 0 saturated carbocycles. The first kappa shape index (κ1) is 16.0. The highest BCUT2D eigenvalue weighted by atomic mass is 16.5. The third kappa shape index (κ3) is 3.65. The Kier molecular flexibility index (Phi) is 5.55. The van der Waals surface area contributed by atoms with Crippen LogP contribution in [0.25, 0.3) is 11.1 Å². The van der Waals surface area contributed by atoms with E-state index in [1.54, 1.807) is 26.4 Å². The summed E-state index contributed by atoms with van der Waals surface area (Å²) >= 11 is 0. The molecule has 2 rings (SSSR count). The second-order valence-electron chi connectivity index (χ2n) is 4.85. The summed E-state index contributed by atoms with van der Waals surface area (Å²) in [6, 6.07) is 13.4. The Morgan fingerprint density at radius 3 is 2.32 bits per heavy atom. The van der Waals surface area contributed by atoms with Crippen LogP contribution in [0.1, 0.15) is 15.9 Å². The maximum Gasteiger partial charge on any atom is 0.337 e. The van der Waals surface area contributed by atoms with E-state index in [0.717, 1.165) is 28.9 Å². The van der Waals surface area contributed by atoms with Crippen molar-refractivity contribution in [2.75, 3.05) is 27.9 Å². The molecule has 116 valence electrons. The van der Waals surface area contributed by atoms with Gasteiger partial charge in [-0.15, -0.1) is 0 Å². The normalized spacial score (nSPS) is 10.3. The molecule has 2 aromatic rings. The maximum atomic E-state index is 11.5. The predicted molar refractivity (Wildman–Crippen MR) is 85.3 cm³/mol. The van der Waals surface area contributed by atoms with Crippen molar-refractivity contribution in [2.24, 2.45) is 0 Å². The fourth-order valence-electron chi connectivity index (χ4n) is 2.25. The first-order valence-electron chi connectivity index (χ1n) is 7.04. The van der Waals surface area contributed by atoms with Gasteiger partial charge in [-0.05, 0) is 35.7 Å². The lowest BCUT2D eigenvalue weighted by atomic mass is 10.0. The molecule has 22 heavy (non-hydrogen) atoms. The predicted octanol–water partition coefficient (Wildman–Crippen LogP) is 3.34. The number of methoxy groups -OCH3 is 3. The van der Waals surface area contributed by atoms with Crippen LogP contribution in [0.2, 0.25) is 0 Å². The molecule has 4 nitrogen and oxygen atoms in total. The minimum Gasteiger partial charge on any atom is -0.496 e. The largest absolute Gasteiger partial charge is 0.496 e. The van der Waals surface area contributed by atoms with E-state index in [-0.39, 0.29) is 5.97 Å². The zero-order chi connectivity index (χ0) is 15.9. The number of ether oxygens (including phenoxy) is 3. The second kappa shape index (κ2) is 7.61. The fraction of sp³-hybridized carbons (Fsp3) is 0.278. The lowest BCUT2D eigenvalue weighted by molar-refractivity contribution is 0.0601. The van der Waals surface area contributed by atoms with Crippen molar-refractivity contribution in [2.45, 2.75) is 6.42 Å². The van der Waals surface area contributed by atoms with Gasteiger partial charge in [0.15, 0.2) is 0 Å². The molecule has 0 amide bonds. The average Bonchev–Trinajstić information content (AvgIpc) is 2.59. The van der Waals surface area contributed by atoms with Crippen LogP contribution in [-0.4, -0.2) is 33.9 Å². The van der Waals surface area contributed by atoms with Gasteiger partial charge in [0.1, 0.15) is 5.75 Å². The van der Waals surface area contributed by atoms with Crippen LogP contribution in [0.3, 0.4) is 0 Å². The molecule has 0 aliphatic rings. The summed E-state index contributed by atoms with van der Waals surface area (Å²) in [5.41, 5.74) is 3.67. The smallest absolute Gasteiger partial charge is 0.337 e. The van der Waals surface area contributed by atoms with Crippen LogP contribution in [0.5, 0.6) is 5.75 Å². The number of hydrogen-bond acceptors (Lipinski definition) is 4. The number of hydrogen-bond donors (Lipinski definition) is 0. The van der Waals surface area contributed by atoms with Crippen molar-refractivity contribution >= 4 is 5.97 Å². The average molecular weight is 300 g/mol. The number of carbonyl (C=O) groups excluding carboxylic acids is 1. The van der Waals surface area contributed by atoms with Gasteiger partial charge in [-0.3, -0.25) is 0 Å². The van der Waals surface area contributed by atoms with E-state index >= 15 is 0 Å². The van der Waals surface area contributed by atoms with Crippen LogP contribution < -0.4 is 4.74 Å². The topological polar surface area (TPSA) is 44.8 Å². The number of carbonyl (C=O) groups is 1. The summed E-state index contributed by atoms with van der Waals surface area (Å²) < 4.78 is 15.3. The zero-order valence-corrected chi connectivity index (χ0v) is 13.1. The van der Waals surface area contributed by atoms with Gasteiger partial charge < -0.3 is 14.2 Å². The van der Waals surface area contributed by atoms with E-state index in [9.17, 15) is 4.79 Å². The first-order valence-corrected chi connectivity index (χ1v) is 7.04. The lowest BCUT2D eigenvalue weighted by Crippen LogP contribution is -2.00. The van der Waals surface area contributed by atoms with Crippen molar-refractivity contribution < 1.29 is 19.0 Å². The SMILES string of the molecule is COCCc1ccc(-c2ccc(C(=O)OC)cc2)c(OC)c1. The third-order valence-corrected chi connectivity index (χ3v) is 3.48. The highest BCUT2D eigenvalue weighted by Gasteiger charge is 2.09. The zero-order valence-electron chi connectivity index (χ0n) is 13.1. The monoisotopic (exact) mass is 300 g/mol. The summed E-state index contributed by atoms with van der Waals surface area (Å²) in [6.07, 6.45) is 0.842. The van der Waals surface area contributed by atoms with Crippen molar-refractivity contribution in [3.05, 3.63) is 53.6 Å². The maximum absolute atomic E-state index is 11.5. The number of benzene rings is 2. The molecular formula is C18H20O4. The van der Waals surface area contributed by atoms with Gasteiger partial charge >= 0.3 is 5.97 Å². The fourth-order valence-corrected chi connectivity index (χ4v) is 2.25. The van der Waals surface area contributed by atoms with Crippen LogP contribution in [0, 0.1) is 0 Å². The highest BCUT2D eigenvalue weighted by molar-refractivity contribution is 5.90.